The molecule has 0 bridgehead atoms. The first-order chi connectivity index (χ1) is 8.76. The zero-order valence-electron chi connectivity index (χ0n) is 9.89. The highest BCUT2D eigenvalue weighted by Gasteiger charge is 2.53. The molecule has 0 unspecified atom stereocenters. The molecule has 0 rings (SSSR count). The van der Waals surface area contributed by atoms with E-state index in [1.807, 2.05) is 0 Å². The third-order valence-corrected chi connectivity index (χ3v) is 2.07. The van der Waals surface area contributed by atoms with Crippen LogP contribution in [0.5, 0.6) is 0 Å². The number of alkyl halides is 6. The number of halogens is 6. The second kappa shape index (κ2) is 6.14. The summed E-state index contributed by atoms with van der Waals surface area (Å²) in [4.78, 5) is 43.2. The summed E-state index contributed by atoms with van der Waals surface area (Å²) in [5.74, 6) is -11.3. The van der Waals surface area contributed by atoms with Gasteiger partial charge in [-0.2, -0.15) is 26.3 Å². The quantitative estimate of drug-likeness (QED) is 0.554. The van der Waals surface area contributed by atoms with Gasteiger partial charge in [0.25, 0.3) is 0 Å². The van der Waals surface area contributed by atoms with Gasteiger partial charge < -0.3 is 0 Å². The molecule has 0 saturated heterocycles. The maximum atomic E-state index is 12.1. The number of Topliss-reactive ketones (excluding diaryl/α,β-unsaturated/α-hetero) is 4. The molecule has 0 amide bonds. The maximum Gasteiger partial charge on any atom is 0.450 e. The fourth-order valence-electron chi connectivity index (χ4n) is 1.28. The van der Waals surface area contributed by atoms with E-state index in [9.17, 15) is 45.5 Å². The molecule has 0 aliphatic heterocycles. The van der Waals surface area contributed by atoms with Gasteiger partial charge >= 0.3 is 12.4 Å². The molecule has 10 heteroatoms. The lowest BCUT2D eigenvalue weighted by Crippen LogP contribution is -2.42. The van der Waals surface area contributed by atoms with Crippen LogP contribution < -0.4 is 0 Å². The lowest BCUT2D eigenvalue weighted by atomic mass is 9.91. The summed E-state index contributed by atoms with van der Waals surface area (Å²) >= 11 is 0. The van der Waals surface area contributed by atoms with E-state index in [-0.39, 0.29) is 0 Å². The highest BCUT2D eigenvalue weighted by atomic mass is 19.4. The van der Waals surface area contributed by atoms with E-state index in [1.165, 1.54) is 0 Å². The molecule has 0 spiro atoms. The van der Waals surface area contributed by atoms with Crippen LogP contribution in [0.4, 0.5) is 26.3 Å². The standard InChI is InChI=1S/C10H8F6O4/c1-4(17)2-5(18)3-6(7(19)9(11,12)13)8(20)10(14,15)16/h6H,2-3H2,1H3. The van der Waals surface area contributed by atoms with Crippen LogP contribution in [-0.2, 0) is 19.2 Å². The first-order valence-electron chi connectivity index (χ1n) is 5.00. The van der Waals surface area contributed by atoms with Gasteiger partial charge in [0.2, 0.25) is 11.6 Å². The fraction of sp³-hybridized carbons (Fsp3) is 0.600. The van der Waals surface area contributed by atoms with Crippen molar-refractivity contribution >= 4 is 23.1 Å². The topological polar surface area (TPSA) is 68.3 Å². The second-order valence-corrected chi connectivity index (χ2v) is 3.90. The summed E-state index contributed by atoms with van der Waals surface area (Å²) in [6.07, 6.45) is -14.0. The molecule has 0 aliphatic carbocycles. The van der Waals surface area contributed by atoms with Crippen LogP contribution in [0.2, 0.25) is 0 Å². The van der Waals surface area contributed by atoms with Crippen LogP contribution in [0.1, 0.15) is 19.8 Å². The second-order valence-electron chi connectivity index (χ2n) is 3.90. The number of hydrogen-bond donors (Lipinski definition) is 0. The largest absolute Gasteiger partial charge is 0.450 e. The minimum atomic E-state index is -5.69. The summed E-state index contributed by atoms with van der Waals surface area (Å²) < 4.78 is 72.7. The summed E-state index contributed by atoms with van der Waals surface area (Å²) in [6, 6.07) is 0. The molecule has 0 N–H and O–H groups in total. The van der Waals surface area contributed by atoms with E-state index < -0.39 is 54.2 Å². The average molecular weight is 306 g/mol. The number of carbonyl (C=O) groups is 4. The van der Waals surface area contributed by atoms with Gasteiger partial charge in [-0.25, -0.2) is 0 Å². The van der Waals surface area contributed by atoms with Crippen molar-refractivity contribution in [1.29, 1.82) is 0 Å². The first-order valence-corrected chi connectivity index (χ1v) is 5.00. The van der Waals surface area contributed by atoms with Crippen molar-refractivity contribution < 1.29 is 45.5 Å². The van der Waals surface area contributed by atoms with Crippen molar-refractivity contribution in [3.8, 4) is 0 Å². The predicted molar refractivity (Wildman–Crippen MR) is 50.5 cm³/mol. The number of hydrogen-bond acceptors (Lipinski definition) is 4. The van der Waals surface area contributed by atoms with Crippen molar-refractivity contribution in [2.24, 2.45) is 5.92 Å². The van der Waals surface area contributed by atoms with Gasteiger partial charge in [0, 0.05) is 6.42 Å². The van der Waals surface area contributed by atoms with Crippen molar-refractivity contribution in [3.05, 3.63) is 0 Å². The third-order valence-electron chi connectivity index (χ3n) is 2.07. The Morgan fingerprint density at radius 3 is 1.45 bits per heavy atom. The van der Waals surface area contributed by atoms with Crippen LogP contribution in [0.15, 0.2) is 0 Å². The van der Waals surface area contributed by atoms with E-state index in [0.29, 0.717) is 0 Å². The van der Waals surface area contributed by atoms with Gasteiger partial charge in [-0.1, -0.05) is 0 Å². The van der Waals surface area contributed by atoms with Crippen LogP contribution in [0.3, 0.4) is 0 Å². The Morgan fingerprint density at radius 2 is 1.20 bits per heavy atom. The molecular formula is C10H8F6O4. The number of ketones is 4. The Kier molecular flexibility index (Phi) is 5.61. The van der Waals surface area contributed by atoms with E-state index in [1.54, 1.807) is 0 Å². The Morgan fingerprint density at radius 1 is 0.850 bits per heavy atom. The Hall–Kier alpha value is -1.74. The molecule has 0 aromatic rings. The lowest BCUT2D eigenvalue weighted by Gasteiger charge is -2.16. The van der Waals surface area contributed by atoms with Gasteiger partial charge in [-0.3, -0.25) is 19.2 Å². The molecule has 0 heterocycles. The average Bonchev–Trinajstić information content (AvgIpc) is 2.20. The zero-order chi connectivity index (χ0) is 16.3. The fourth-order valence-corrected chi connectivity index (χ4v) is 1.28. The molecule has 0 fully saturated rings. The van der Waals surface area contributed by atoms with E-state index in [4.69, 9.17) is 0 Å². The summed E-state index contributed by atoms with van der Waals surface area (Å²) in [5, 5.41) is 0. The van der Waals surface area contributed by atoms with E-state index in [2.05, 4.69) is 0 Å². The highest BCUT2D eigenvalue weighted by molar-refractivity contribution is 6.10. The molecular weight excluding hydrogens is 298 g/mol. The molecule has 0 aromatic carbocycles. The molecule has 0 radical (unpaired) electrons. The Balaban J connectivity index is 5.29. The van der Waals surface area contributed by atoms with Crippen LogP contribution in [-0.4, -0.2) is 35.5 Å². The van der Waals surface area contributed by atoms with Crippen molar-refractivity contribution in [1.82, 2.24) is 0 Å². The number of rotatable bonds is 6. The lowest BCUT2D eigenvalue weighted by molar-refractivity contribution is -0.190. The predicted octanol–water partition coefficient (Wildman–Crippen LogP) is 1.80. The summed E-state index contributed by atoms with van der Waals surface area (Å²) in [5.41, 5.74) is 0. The summed E-state index contributed by atoms with van der Waals surface area (Å²) in [7, 11) is 0. The molecule has 0 saturated carbocycles. The van der Waals surface area contributed by atoms with Gasteiger partial charge in [-0.05, 0) is 6.92 Å². The highest BCUT2D eigenvalue weighted by Crippen LogP contribution is 2.29. The SMILES string of the molecule is CC(=O)CC(=O)CC(C(=O)C(F)(F)F)C(=O)C(F)(F)F. The van der Waals surface area contributed by atoms with E-state index in [0.717, 1.165) is 6.92 Å². The molecule has 0 atom stereocenters. The van der Waals surface area contributed by atoms with Crippen LogP contribution in [0.25, 0.3) is 0 Å². The van der Waals surface area contributed by atoms with Gasteiger partial charge in [-0.15, -0.1) is 0 Å². The van der Waals surface area contributed by atoms with Crippen LogP contribution in [0, 0.1) is 5.92 Å². The van der Waals surface area contributed by atoms with E-state index >= 15 is 0 Å². The van der Waals surface area contributed by atoms with Crippen molar-refractivity contribution in [2.75, 3.05) is 0 Å². The van der Waals surface area contributed by atoms with Gasteiger partial charge in [0.1, 0.15) is 17.5 Å². The monoisotopic (exact) mass is 306 g/mol. The molecule has 4 nitrogen and oxygen atoms in total. The third kappa shape index (κ3) is 5.49. The zero-order valence-corrected chi connectivity index (χ0v) is 9.89. The molecule has 0 aliphatic rings. The smallest absolute Gasteiger partial charge is 0.300 e. The van der Waals surface area contributed by atoms with Crippen LogP contribution >= 0.6 is 0 Å². The minimum Gasteiger partial charge on any atom is -0.300 e. The van der Waals surface area contributed by atoms with Crippen molar-refractivity contribution in [2.45, 2.75) is 32.1 Å². The minimum absolute atomic E-state index is 0.812. The number of carbonyl (C=O) groups excluding carboxylic acids is 4. The van der Waals surface area contributed by atoms with Gasteiger partial charge in [0.15, 0.2) is 0 Å². The molecule has 114 valence electrons. The molecule has 20 heavy (non-hydrogen) atoms. The maximum absolute atomic E-state index is 12.1. The summed E-state index contributed by atoms with van der Waals surface area (Å²) in [6.45, 7) is 0.879. The van der Waals surface area contributed by atoms with Gasteiger partial charge in [0.05, 0.1) is 6.42 Å². The normalized spacial score (nSPS) is 12.4. The Labute approximate surface area is 108 Å². The van der Waals surface area contributed by atoms with Crippen molar-refractivity contribution in [3.63, 3.8) is 0 Å². The Bertz CT molecular complexity index is 408. The molecule has 0 aromatic heterocycles. The first kappa shape index (κ1) is 18.3.